The van der Waals surface area contributed by atoms with Gasteiger partial charge in [0.1, 0.15) is 5.82 Å². The molecule has 0 saturated heterocycles. The number of aromatic nitrogens is 2. The lowest BCUT2D eigenvalue weighted by Crippen LogP contribution is -2.09. The Kier molecular flexibility index (Phi) is 3.65. The van der Waals surface area contributed by atoms with Crippen molar-refractivity contribution >= 4 is 5.97 Å². The molecule has 0 aliphatic heterocycles. The summed E-state index contributed by atoms with van der Waals surface area (Å²) in [5.41, 5.74) is 2.09. The van der Waals surface area contributed by atoms with Gasteiger partial charge in [-0.05, 0) is 37.1 Å². The van der Waals surface area contributed by atoms with Gasteiger partial charge in [-0.3, -0.25) is 0 Å². The molecule has 0 aliphatic rings. The fraction of sp³-hybridized carbons (Fsp3) is 0.214. The van der Waals surface area contributed by atoms with Gasteiger partial charge in [0.2, 0.25) is 5.69 Å². The highest BCUT2D eigenvalue weighted by atomic mass is 19.1. The van der Waals surface area contributed by atoms with Gasteiger partial charge < -0.3 is 9.84 Å². The van der Waals surface area contributed by atoms with Crippen LogP contribution in [-0.4, -0.2) is 28.4 Å². The SMILES string of the molecule is COc1c(C(=O)O)nnc(C)c1-c1ccc(F)cc1C. The van der Waals surface area contributed by atoms with Crippen LogP contribution in [-0.2, 0) is 0 Å². The Labute approximate surface area is 115 Å². The number of nitrogens with zero attached hydrogens (tertiary/aromatic N) is 2. The molecule has 2 aromatic rings. The van der Waals surface area contributed by atoms with Gasteiger partial charge >= 0.3 is 5.97 Å². The van der Waals surface area contributed by atoms with Crippen molar-refractivity contribution in [1.29, 1.82) is 0 Å². The molecule has 104 valence electrons. The zero-order chi connectivity index (χ0) is 14.9. The van der Waals surface area contributed by atoms with Crippen molar-refractivity contribution in [3.63, 3.8) is 0 Å². The van der Waals surface area contributed by atoms with Crippen LogP contribution in [0.25, 0.3) is 11.1 Å². The summed E-state index contributed by atoms with van der Waals surface area (Å²) in [4.78, 5) is 11.2. The van der Waals surface area contributed by atoms with Gasteiger partial charge in [0.15, 0.2) is 5.75 Å². The molecule has 2 rings (SSSR count). The summed E-state index contributed by atoms with van der Waals surface area (Å²) in [5.74, 6) is -1.46. The first kappa shape index (κ1) is 13.9. The summed E-state index contributed by atoms with van der Waals surface area (Å²) >= 11 is 0. The van der Waals surface area contributed by atoms with Gasteiger partial charge in [-0.2, -0.15) is 5.10 Å². The third-order valence-corrected chi connectivity index (χ3v) is 2.97. The number of carbonyl (C=O) groups is 1. The second-order valence-electron chi connectivity index (χ2n) is 4.31. The van der Waals surface area contributed by atoms with E-state index in [-0.39, 0.29) is 17.3 Å². The lowest BCUT2D eigenvalue weighted by molar-refractivity contribution is 0.0685. The summed E-state index contributed by atoms with van der Waals surface area (Å²) in [6, 6.07) is 4.25. The van der Waals surface area contributed by atoms with Crippen molar-refractivity contribution in [3.8, 4) is 16.9 Å². The number of carboxylic acid groups (broad SMARTS) is 1. The Balaban J connectivity index is 2.78. The molecule has 0 amide bonds. The van der Waals surface area contributed by atoms with E-state index in [1.807, 2.05) is 0 Å². The van der Waals surface area contributed by atoms with Gasteiger partial charge in [-0.25, -0.2) is 9.18 Å². The number of hydrogen-bond donors (Lipinski definition) is 1. The van der Waals surface area contributed by atoms with Crippen LogP contribution in [0.15, 0.2) is 18.2 Å². The van der Waals surface area contributed by atoms with E-state index in [0.717, 1.165) is 0 Å². The summed E-state index contributed by atoms with van der Waals surface area (Å²) in [5, 5.41) is 16.6. The van der Waals surface area contributed by atoms with E-state index in [4.69, 9.17) is 9.84 Å². The highest BCUT2D eigenvalue weighted by molar-refractivity contribution is 5.92. The van der Waals surface area contributed by atoms with Gasteiger partial charge in [0, 0.05) is 5.56 Å². The molecule has 5 nitrogen and oxygen atoms in total. The normalized spacial score (nSPS) is 10.4. The molecule has 0 atom stereocenters. The highest BCUT2D eigenvalue weighted by Crippen LogP contribution is 2.35. The number of benzene rings is 1. The molecule has 6 heteroatoms. The summed E-state index contributed by atoms with van der Waals surface area (Å²) in [7, 11) is 1.37. The molecule has 0 fully saturated rings. The first-order chi connectivity index (χ1) is 9.45. The smallest absolute Gasteiger partial charge is 0.360 e. The van der Waals surface area contributed by atoms with E-state index in [9.17, 15) is 9.18 Å². The number of aromatic carboxylic acids is 1. The molecule has 0 bridgehead atoms. The summed E-state index contributed by atoms with van der Waals surface area (Å²) in [6.07, 6.45) is 0. The maximum Gasteiger partial charge on any atom is 0.360 e. The minimum absolute atomic E-state index is 0.125. The predicted molar refractivity (Wildman–Crippen MR) is 70.4 cm³/mol. The number of aryl methyl sites for hydroxylation is 2. The Morgan fingerprint density at radius 3 is 2.55 bits per heavy atom. The molecule has 0 spiro atoms. The number of hydrogen-bond acceptors (Lipinski definition) is 4. The van der Waals surface area contributed by atoms with E-state index < -0.39 is 5.97 Å². The lowest BCUT2D eigenvalue weighted by Gasteiger charge is -2.14. The molecule has 20 heavy (non-hydrogen) atoms. The minimum atomic E-state index is -1.23. The lowest BCUT2D eigenvalue weighted by atomic mass is 9.98. The first-order valence-electron chi connectivity index (χ1n) is 5.86. The van der Waals surface area contributed by atoms with Gasteiger partial charge in [0.25, 0.3) is 0 Å². The number of rotatable bonds is 3. The van der Waals surface area contributed by atoms with Crippen LogP contribution in [0.4, 0.5) is 4.39 Å². The van der Waals surface area contributed by atoms with Crippen LogP contribution in [0.2, 0.25) is 0 Å². The van der Waals surface area contributed by atoms with E-state index in [1.165, 1.54) is 19.2 Å². The maximum absolute atomic E-state index is 13.2. The predicted octanol–water partition coefficient (Wildman–Crippen LogP) is 2.61. The van der Waals surface area contributed by atoms with E-state index >= 15 is 0 Å². The molecule has 0 unspecified atom stereocenters. The first-order valence-corrected chi connectivity index (χ1v) is 5.86. The van der Waals surface area contributed by atoms with Gasteiger partial charge in [-0.1, -0.05) is 6.07 Å². The Morgan fingerprint density at radius 2 is 2.00 bits per heavy atom. The van der Waals surface area contributed by atoms with E-state index in [0.29, 0.717) is 22.4 Å². The second-order valence-corrected chi connectivity index (χ2v) is 4.31. The molecule has 0 radical (unpaired) electrons. The summed E-state index contributed by atoms with van der Waals surface area (Å²) in [6.45, 7) is 3.43. The summed E-state index contributed by atoms with van der Waals surface area (Å²) < 4.78 is 18.4. The molecular weight excluding hydrogens is 263 g/mol. The number of halogens is 1. The molecule has 0 saturated carbocycles. The van der Waals surface area contributed by atoms with Crippen LogP contribution >= 0.6 is 0 Å². The van der Waals surface area contributed by atoms with Crippen LogP contribution in [0.3, 0.4) is 0 Å². The third-order valence-electron chi connectivity index (χ3n) is 2.97. The van der Waals surface area contributed by atoms with Crippen LogP contribution < -0.4 is 4.74 Å². The van der Waals surface area contributed by atoms with Crippen LogP contribution in [0.1, 0.15) is 21.7 Å². The van der Waals surface area contributed by atoms with Gasteiger partial charge in [0.05, 0.1) is 12.8 Å². The van der Waals surface area contributed by atoms with Crippen molar-refractivity contribution in [2.75, 3.05) is 7.11 Å². The highest BCUT2D eigenvalue weighted by Gasteiger charge is 2.22. The minimum Gasteiger partial charge on any atom is -0.493 e. The van der Waals surface area contributed by atoms with Crippen molar-refractivity contribution in [1.82, 2.24) is 10.2 Å². The van der Waals surface area contributed by atoms with Crippen molar-refractivity contribution < 1.29 is 19.0 Å². The molecule has 1 heterocycles. The van der Waals surface area contributed by atoms with E-state index in [1.54, 1.807) is 19.9 Å². The topological polar surface area (TPSA) is 72.3 Å². The third kappa shape index (κ3) is 2.32. The zero-order valence-electron chi connectivity index (χ0n) is 11.3. The maximum atomic E-state index is 13.2. The largest absolute Gasteiger partial charge is 0.493 e. The monoisotopic (exact) mass is 276 g/mol. The van der Waals surface area contributed by atoms with Crippen LogP contribution in [0.5, 0.6) is 5.75 Å². The Morgan fingerprint density at radius 1 is 1.30 bits per heavy atom. The number of methoxy groups -OCH3 is 1. The van der Waals surface area contributed by atoms with Crippen molar-refractivity contribution in [3.05, 3.63) is 41.0 Å². The number of ether oxygens (including phenoxy) is 1. The fourth-order valence-corrected chi connectivity index (χ4v) is 2.07. The standard InChI is InChI=1S/C14H13FN2O3/c1-7-6-9(15)4-5-10(7)11-8(2)16-17-12(14(18)19)13(11)20-3/h4-6H,1-3H3,(H,18,19). The Hall–Kier alpha value is -2.50. The second kappa shape index (κ2) is 5.24. The number of carboxylic acids is 1. The van der Waals surface area contributed by atoms with Gasteiger partial charge in [-0.15, -0.1) is 5.10 Å². The van der Waals surface area contributed by atoms with Crippen LogP contribution in [0, 0.1) is 19.7 Å². The molecule has 0 aliphatic carbocycles. The average Bonchev–Trinajstić information content (AvgIpc) is 2.38. The molecule has 1 aromatic carbocycles. The molecular formula is C14H13FN2O3. The fourth-order valence-electron chi connectivity index (χ4n) is 2.07. The quantitative estimate of drug-likeness (QED) is 0.932. The zero-order valence-corrected chi connectivity index (χ0v) is 11.3. The Bertz CT molecular complexity index is 686. The average molecular weight is 276 g/mol. The van der Waals surface area contributed by atoms with Crippen molar-refractivity contribution in [2.24, 2.45) is 0 Å². The molecule has 1 N–H and O–H groups in total. The molecule has 1 aromatic heterocycles. The van der Waals surface area contributed by atoms with E-state index in [2.05, 4.69) is 10.2 Å². The van der Waals surface area contributed by atoms with Crippen molar-refractivity contribution in [2.45, 2.75) is 13.8 Å².